The van der Waals surface area contributed by atoms with Crippen molar-refractivity contribution in [2.24, 2.45) is 5.92 Å². The standard InChI is InChI=1S/C30H37F3O3Si/c1-5-37(6-2,7-3)36-29(30(31,32)33)16-15-28(19-22-11-9-8-10-12-22)24(20-29)17-21(4)25-18-23(27(34)35)13-14-26(25)28/h8-14,17-18,24H,5-7,15-16,19-20H2,1-4H3,(H,34,35). The monoisotopic (exact) mass is 530 g/mol. The van der Waals surface area contributed by atoms with Gasteiger partial charge in [-0.3, -0.25) is 0 Å². The first kappa shape index (κ1) is 27.6. The Morgan fingerprint density at radius 3 is 2.27 bits per heavy atom. The molecular formula is C30H37F3O3Si. The van der Waals surface area contributed by atoms with Crippen molar-refractivity contribution >= 4 is 19.9 Å². The number of carboxylic acid groups (broad SMARTS) is 1. The number of halogens is 3. The lowest BCUT2D eigenvalue weighted by atomic mass is 9.53. The second-order valence-corrected chi connectivity index (χ2v) is 15.6. The van der Waals surface area contributed by atoms with Crippen LogP contribution >= 0.6 is 0 Å². The summed E-state index contributed by atoms with van der Waals surface area (Å²) in [6.45, 7) is 7.77. The van der Waals surface area contributed by atoms with E-state index in [1.54, 1.807) is 12.1 Å². The van der Waals surface area contributed by atoms with E-state index < -0.39 is 31.5 Å². The first-order valence-electron chi connectivity index (χ1n) is 13.3. The molecule has 3 atom stereocenters. The smallest absolute Gasteiger partial charge is 0.416 e. The molecular weight excluding hydrogens is 493 g/mol. The number of fused-ring (bicyclic) bond motifs is 3. The van der Waals surface area contributed by atoms with Gasteiger partial charge in [0.15, 0.2) is 13.9 Å². The van der Waals surface area contributed by atoms with Crippen LogP contribution in [-0.4, -0.2) is 31.2 Å². The number of carboxylic acids is 1. The molecule has 2 aliphatic carbocycles. The van der Waals surface area contributed by atoms with Gasteiger partial charge in [-0.05, 0) is 91.1 Å². The van der Waals surface area contributed by atoms with Crippen LogP contribution in [0, 0.1) is 5.92 Å². The first-order valence-corrected chi connectivity index (χ1v) is 15.8. The molecule has 0 radical (unpaired) electrons. The molecule has 2 aromatic carbocycles. The van der Waals surface area contributed by atoms with Gasteiger partial charge in [0.25, 0.3) is 0 Å². The predicted molar refractivity (Wildman–Crippen MR) is 143 cm³/mol. The molecule has 4 rings (SSSR count). The minimum Gasteiger partial charge on any atom is -0.478 e. The van der Waals surface area contributed by atoms with Crippen molar-refractivity contribution in [1.29, 1.82) is 0 Å². The Hall–Kier alpha value is -2.38. The summed E-state index contributed by atoms with van der Waals surface area (Å²) in [4.78, 5) is 11.7. The van der Waals surface area contributed by atoms with Crippen LogP contribution < -0.4 is 0 Å². The minimum atomic E-state index is -4.47. The lowest BCUT2D eigenvalue weighted by Crippen LogP contribution is -2.61. The number of allylic oxidation sites excluding steroid dienone is 2. The fourth-order valence-corrected chi connectivity index (χ4v) is 9.77. The minimum absolute atomic E-state index is 0.0956. The van der Waals surface area contributed by atoms with Crippen molar-refractivity contribution in [3.05, 3.63) is 76.9 Å². The second kappa shape index (κ2) is 10.1. The Morgan fingerprint density at radius 2 is 1.70 bits per heavy atom. The highest BCUT2D eigenvalue weighted by Crippen LogP contribution is 2.59. The maximum atomic E-state index is 15.0. The van der Waals surface area contributed by atoms with E-state index in [-0.39, 0.29) is 24.3 Å². The molecule has 7 heteroatoms. The van der Waals surface area contributed by atoms with Crippen molar-refractivity contribution in [2.75, 3.05) is 0 Å². The molecule has 0 bridgehead atoms. The molecule has 200 valence electrons. The van der Waals surface area contributed by atoms with Gasteiger partial charge in [-0.15, -0.1) is 0 Å². The lowest BCUT2D eigenvalue weighted by Gasteiger charge is -2.55. The third-order valence-electron chi connectivity index (χ3n) is 9.14. The largest absolute Gasteiger partial charge is 0.478 e. The molecule has 2 aromatic rings. The van der Waals surface area contributed by atoms with Crippen molar-refractivity contribution in [1.82, 2.24) is 0 Å². The van der Waals surface area contributed by atoms with Gasteiger partial charge in [-0.25, -0.2) is 4.79 Å². The zero-order valence-corrected chi connectivity index (χ0v) is 23.1. The number of hydrogen-bond acceptors (Lipinski definition) is 2. The molecule has 0 aliphatic heterocycles. The third kappa shape index (κ3) is 4.81. The summed E-state index contributed by atoms with van der Waals surface area (Å²) in [5, 5.41) is 9.58. The van der Waals surface area contributed by atoms with E-state index in [0.717, 1.165) is 22.3 Å². The molecule has 3 unspecified atom stereocenters. The highest BCUT2D eigenvalue weighted by Gasteiger charge is 2.64. The van der Waals surface area contributed by atoms with Crippen LogP contribution in [-0.2, 0) is 16.3 Å². The summed E-state index contributed by atoms with van der Waals surface area (Å²) in [5.41, 5.74) is 1.12. The van der Waals surface area contributed by atoms with Gasteiger partial charge < -0.3 is 9.53 Å². The Kier molecular flexibility index (Phi) is 7.52. The van der Waals surface area contributed by atoms with Crippen molar-refractivity contribution in [3.8, 4) is 0 Å². The zero-order chi connectivity index (χ0) is 27.1. The van der Waals surface area contributed by atoms with Gasteiger partial charge in [0.1, 0.15) is 0 Å². The van der Waals surface area contributed by atoms with Crippen molar-refractivity contribution in [3.63, 3.8) is 0 Å². The number of hydrogen-bond donors (Lipinski definition) is 1. The summed E-state index contributed by atoms with van der Waals surface area (Å²) >= 11 is 0. The van der Waals surface area contributed by atoms with Crippen LogP contribution in [0.2, 0.25) is 18.1 Å². The highest BCUT2D eigenvalue weighted by molar-refractivity contribution is 6.73. The van der Waals surface area contributed by atoms with Crippen LogP contribution in [0.5, 0.6) is 0 Å². The first-order chi connectivity index (χ1) is 17.4. The molecule has 0 amide bonds. The molecule has 1 fully saturated rings. The number of benzene rings is 2. The summed E-state index contributed by atoms with van der Waals surface area (Å²) in [6.07, 6.45) is -1.81. The molecule has 37 heavy (non-hydrogen) atoms. The molecule has 3 nitrogen and oxygen atoms in total. The van der Waals surface area contributed by atoms with Gasteiger partial charge in [-0.1, -0.05) is 63.2 Å². The van der Waals surface area contributed by atoms with Gasteiger partial charge in [0.05, 0.1) is 5.56 Å². The molecule has 2 aliphatic rings. The predicted octanol–water partition coefficient (Wildman–Crippen LogP) is 8.41. The zero-order valence-electron chi connectivity index (χ0n) is 22.1. The van der Waals surface area contributed by atoms with Gasteiger partial charge >= 0.3 is 12.1 Å². The SMILES string of the molecule is CC[Si](CC)(CC)OC1(C(F)(F)F)CCC2(Cc3ccccc3)c3ccc(C(=O)O)cc3C(C)=CC2C1. The highest BCUT2D eigenvalue weighted by atomic mass is 28.4. The Morgan fingerprint density at radius 1 is 1.05 bits per heavy atom. The van der Waals surface area contributed by atoms with E-state index in [9.17, 15) is 23.1 Å². The van der Waals surface area contributed by atoms with Gasteiger partial charge in [0.2, 0.25) is 0 Å². The molecule has 0 heterocycles. The van der Waals surface area contributed by atoms with Crippen LogP contribution in [0.4, 0.5) is 13.2 Å². The maximum absolute atomic E-state index is 15.0. The summed E-state index contributed by atoms with van der Waals surface area (Å²) < 4.78 is 51.4. The quantitative estimate of drug-likeness (QED) is 0.349. The average Bonchev–Trinajstić information content (AvgIpc) is 2.88. The van der Waals surface area contributed by atoms with E-state index in [1.165, 1.54) is 0 Å². The normalized spacial score (nSPS) is 25.7. The van der Waals surface area contributed by atoms with Crippen molar-refractivity contribution < 1.29 is 27.5 Å². The van der Waals surface area contributed by atoms with Gasteiger partial charge in [0, 0.05) is 5.41 Å². The van der Waals surface area contributed by atoms with Gasteiger partial charge in [-0.2, -0.15) is 13.2 Å². The molecule has 0 saturated heterocycles. The summed E-state index contributed by atoms with van der Waals surface area (Å²) in [7, 11) is -2.56. The Bertz CT molecular complexity index is 1160. The van der Waals surface area contributed by atoms with E-state index >= 15 is 0 Å². The Balaban J connectivity index is 1.86. The number of rotatable bonds is 8. The summed E-state index contributed by atoms with van der Waals surface area (Å²) in [5.74, 6) is -1.40. The molecule has 1 N–H and O–H groups in total. The van der Waals surface area contributed by atoms with Crippen molar-refractivity contribution in [2.45, 2.75) is 88.7 Å². The lowest BCUT2D eigenvalue weighted by molar-refractivity contribution is -0.269. The topological polar surface area (TPSA) is 46.5 Å². The fourth-order valence-electron chi connectivity index (χ4n) is 6.71. The molecule has 1 saturated carbocycles. The summed E-state index contributed by atoms with van der Waals surface area (Å²) in [6, 6.07) is 17.0. The number of alkyl halides is 3. The molecule has 0 spiro atoms. The van der Waals surface area contributed by atoms with Crippen LogP contribution in [0.15, 0.2) is 54.6 Å². The number of aromatic carboxylic acids is 1. The number of carbonyl (C=O) groups is 1. The van der Waals surface area contributed by atoms with E-state index in [4.69, 9.17) is 4.43 Å². The fraction of sp³-hybridized carbons (Fsp3) is 0.500. The second-order valence-electron chi connectivity index (χ2n) is 10.9. The van der Waals surface area contributed by atoms with E-state index in [0.29, 0.717) is 31.0 Å². The van der Waals surface area contributed by atoms with E-state index in [1.807, 2.05) is 70.2 Å². The third-order valence-corrected chi connectivity index (χ3v) is 13.8. The van der Waals surface area contributed by atoms with Crippen LogP contribution in [0.3, 0.4) is 0 Å². The maximum Gasteiger partial charge on any atom is 0.416 e. The van der Waals surface area contributed by atoms with E-state index in [2.05, 4.69) is 0 Å². The van der Waals surface area contributed by atoms with Crippen LogP contribution in [0.1, 0.15) is 74.0 Å². The Labute approximate surface area is 218 Å². The average molecular weight is 531 g/mol. The van der Waals surface area contributed by atoms with Crippen LogP contribution in [0.25, 0.3) is 5.57 Å². The molecule has 0 aromatic heterocycles.